The van der Waals surface area contributed by atoms with Crippen molar-refractivity contribution >= 4 is 97.5 Å². The topological polar surface area (TPSA) is 250 Å². The maximum Gasteiger partial charge on any atom is 0.295 e. The Labute approximate surface area is 324 Å². The van der Waals surface area contributed by atoms with Gasteiger partial charge in [-0.2, -0.15) is 25.3 Å². The standard InChI is InChI=1S/C39H27N3O12S3/c43-37(40-31-13-1-10-28-25(31)7-4-16-34(28)55(46,47)48)22-19-23(38(44)41-32-14-2-11-29-26(32)8-5-17-35(29)56(49,50)51)21-24(20-22)39(45)42-33-15-3-12-30-27(33)9-6-18-36(30)57(52,53)54/h1-21H,(H,40,43)(H,41,44)(H,42,45)(H,46,47,48)(H,49,50,51)(H,52,53,54). The second-order valence-electron chi connectivity index (χ2n) is 12.6. The highest BCUT2D eigenvalue weighted by atomic mass is 32.2. The van der Waals surface area contributed by atoms with Crippen LogP contribution in [-0.2, 0) is 30.4 Å². The van der Waals surface area contributed by atoms with Gasteiger partial charge < -0.3 is 16.0 Å². The Morgan fingerprint density at radius 2 is 0.579 bits per heavy atom. The maximum absolute atomic E-state index is 13.9. The SMILES string of the molecule is O=C(Nc1cccc2c(S(=O)(=O)O)cccc12)c1cc(C(=O)Nc2cccc3c(S(=O)(=O)O)cccc23)cc(C(=O)Nc2cccc3c(S(=O)(=O)O)cccc23)c1. The summed E-state index contributed by atoms with van der Waals surface area (Å²) in [6.07, 6.45) is 0. The van der Waals surface area contributed by atoms with Crippen molar-refractivity contribution in [3.05, 3.63) is 144 Å². The Kier molecular flexibility index (Phi) is 9.86. The van der Waals surface area contributed by atoms with E-state index >= 15 is 0 Å². The molecule has 0 heterocycles. The fourth-order valence-corrected chi connectivity index (χ4v) is 8.57. The van der Waals surface area contributed by atoms with Crippen LogP contribution in [0, 0.1) is 0 Å². The van der Waals surface area contributed by atoms with Gasteiger partial charge in [0.25, 0.3) is 48.1 Å². The van der Waals surface area contributed by atoms with Crippen molar-refractivity contribution < 1.29 is 53.3 Å². The van der Waals surface area contributed by atoms with Crippen molar-refractivity contribution in [1.82, 2.24) is 0 Å². The Balaban J connectivity index is 1.30. The molecule has 7 aromatic rings. The first-order valence-electron chi connectivity index (χ1n) is 16.5. The van der Waals surface area contributed by atoms with Crippen molar-refractivity contribution in [2.24, 2.45) is 0 Å². The molecule has 0 atom stereocenters. The molecule has 0 spiro atoms. The first kappa shape index (κ1) is 38.7. The van der Waals surface area contributed by atoms with Gasteiger partial charge in [0, 0.05) is 66.1 Å². The Morgan fingerprint density at radius 3 is 0.825 bits per heavy atom. The van der Waals surface area contributed by atoms with Crippen molar-refractivity contribution in [1.29, 1.82) is 0 Å². The van der Waals surface area contributed by atoms with Crippen LogP contribution in [0.15, 0.2) is 142 Å². The lowest BCUT2D eigenvalue weighted by Crippen LogP contribution is -2.19. The quantitative estimate of drug-likeness (QED) is 0.0838. The van der Waals surface area contributed by atoms with Crippen LogP contribution in [0.25, 0.3) is 32.3 Å². The van der Waals surface area contributed by atoms with Crippen LogP contribution in [0.4, 0.5) is 17.1 Å². The number of anilines is 3. The van der Waals surface area contributed by atoms with Gasteiger partial charge in [-0.1, -0.05) is 72.8 Å². The van der Waals surface area contributed by atoms with Gasteiger partial charge in [0.1, 0.15) is 14.7 Å². The normalized spacial score (nSPS) is 12.1. The number of amides is 3. The van der Waals surface area contributed by atoms with E-state index in [9.17, 15) is 53.3 Å². The number of carbonyl (C=O) groups excluding carboxylic acids is 3. The van der Waals surface area contributed by atoms with Gasteiger partial charge in [0.2, 0.25) is 0 Å². The number of rotatable bonds is 9. The highest BCUT2D eigenvalue weighted by Crippen LogP contribution is 2.32. The number of hydrogen-bond donors (Lipinski definition) is 6. The van der Waals surface area contributed by atoms with Crippen molar-refractivity contribution in [2.45, 2.75) is 14.7 Å². The maximum atomic E-state index is 13.9. The first-order valence-corrected chi connectivity index (χ1v) is 20.8. The summed E-state index contributed by atoms with van der Waals surface area (Å²) in [5, 5.41) is 9.02. The minimum Gasteiger partial charge on any atom is -0.321 e. The summed E-state index contributed by atoms with van der Waals surface area (Å²) in [5.41, 5.74) is -0.268. The molecule has 0 unspecified atom stereocenters. The lowest BCUT2D eigenvalue weighted by atomic mass is 10.0. The minimum atomic E-state index is -4.64. The summed E-state index contributed by atoms with van der Waals surface area (Å²) in [7, 11) is -13.9. The molecule has 57 heavy (non-hydrogen) atoms. The first-order chi connectivity index (χ1) is 26.9. The van der Waals surface area contributed by atoms with Gasteiger partial charge in [0.05, 0.1) is 0 Å². The molecule has 6 N–H and O–H groups in total. The van der Waals surface area contributed by atoms with Crippen molar-refractivity contribution in [2.75, 3.05) is 16.0 Å². The molecule has 0 saturated carbocycles. The molecule has 0 aromatic heterocycles. The van der Waals surface area contributed by atoms with Gasteiger partial charge in [-0.3, -0.25) is 28.0 Å². The molecular formula is C39H27N3O12S3. The van der Waals surface area contributed by atoms with Gasteiger partial charge >= 0.3 is 0 Å². The van der Waals surface area contributed by atoms with E-state index < -0.39 is 62.8 Å². The lowest BCUT2D eigenvalue weighted by molar-refractivity contribution is 0.102. The Bertz CT molecular complexity index is 2850. The summed E-state index contributed by atoms with van der Waals surface area (Å²) in [5.74, 6) is -2.52. The zero-order valence-electron chi connectivity index (χ0n) is 28.9. The van der Waals surface area contributed by atoms with E-state index in [4.69, 9.17) is 0 Å². The predicted molar refractivity (Wildman–Crippen MR) is 212 cm³/mol. The average Bonchev–Trinajstić information content (AvgIpc) is 3.16. The number of nitrogens with one attached hydrogen (secondary N) is 3. The van der Waals surface area contributed by atoms with Crippen LogP contribution in [0.5, 0.6) is 0 Å². The molecule has 7 rings (SSSR count). The Hall–Kier alpha value is -6.54. The third-order valence-electron chi connectivity index (χ3n) is 8.94. The smallest absolute Gasteiger partial charge is 0.295 e. The molecule has 0 aliphatic rings. The fraction of sp³-hybridized carbons (Fsp3) is 0. The third-order valence-corrected chi connectivity index (χ3v) is 11.7. The molecule has 7 aromatic carbocycles. The Morgan fingerprint density at radius 1 is 0.351 bits per heavy atom. The minimum absolute atomic E-state index is 0.102. The van der Waals surface area contributed by atoms with E-state index in [1.807, 2.05) is 0 Å². The summed E-state index contributed by atoms with van der Waals surface area (Å²) < 4.78 is 102. The number of fused-ring (bicyclic) bond motifs is 3. The van der Waals surface area contributed by atoms with Crippen molar-refractivity contribution in [3.63, 3.8) is 0 Å². The van der Waals surface area contributed by atoms with Crippen LogP contribution in [-0.4, -0.2) is 56.6 Å². The summed E-state index contributed by atoms with van der Waals surface area (Å²) in [4.78, 5) is 40.5. The molecule has 0 fully saturated rings. The van der Waals surface area contributed by atoms with E-state index in [0.29, 0.717) is 0 Å². The summed E-state index contributed by atoms with van der Waals surface area (Å²) in [6.45, 7) is 0. The molecule has 0 aliphatic heterocycles. The van der Waals surface area contributed by atoms with Gasteiger partial charge in [-0.05, 0) is 54.6 Å². The van der Waals surface area contributed by atoms with E-state index in [1.54, 1.807) is 0 Å². The second kappa shape index (κ2) is 14.5. The van der Waals surface area contributed by atoms with Crippen LogP contribution >= 0.6 is 0 Å². The van der Waals surface area contributed by atoms with Crippen LogP contribution in [0.3, 0.4) is 0 Å². The number of carbonyl (C=O) groups is 3. The molecule has 0 radical (unpaired) electrons. The van der Waals surface area contributed by atoms with E-state index in [1.165, 1.54) is 127 Å². The molecule has 0 aliphatic carbocycles. The third kappa shape index (κ3) is 7.81. The van der Waals surface area contributed by atoms with E-state index in [2.05, 4.69) is 16.0 Å². The fourth-order valence-electron chi connectivity index (χ4n) is 6.45. The molecule has 288 valence electrons. The molecule has 15 nitrogen and oxygen atoms in total. The number of hydrogen-bond acceptors (Lipinski definition) is 9. The van der Waals surface area contributed by atoms with Gasteiger partial charge in [-0.25, -0.2) is 0 Å². The highest BCUT2D eigenvalue weighted by molar-refractivity contribution is 7.86. The monoisotopic (exact) mass is 825 g/mol. The summed E-state index contributed by atoms with van der Waals surface area (Å²) in [6, 6.07) is 28.8. The predicted octanol–water partition coefficient (Wildman–Crippen LogP) is 6.64. The zero-order valence-corrected chi connectivity index (χ0v) is 31.3. The van der Waals surface area contributed by atoms with Crippen LogP contribution in [0.1, 0.15) is 31.1 Å². The summed E-state index contributed by atoms with van der Waals surface area (Å²) >= 11 is 0. The molecule has 3 amide bonds. The van der Waals surface area contributed by atoms with Crippen LogP contribution < -0.4 is 16.0 Å². The molecule has 0 saturated heterocycles. The molecule has 0 bridgehead atoms. The zero-order chi connectivity index (χ0) is 40.9. The van der Waals surface area contributed by atoms with Crippen LogP contribution in [0.2, 0.25) is 0 Å². The highest BCUT2D eigenvalue weighted by Gasteiger charge is 2.22. The van der Waals surface area contributed by atoms with Crippen molar-refractivity contribution in [3.8, 4) is 0 Å². The van der Waals surface area contributed by atoms with Gasteiger partial charge in [-0.15, -0.1) is 0 Å². The largest absolute Gasteiger partial charge is 0.321 e. The lowest BCUT2D eigenvalue weighted by Gasteiger charge is -2.15. The second-order valence-corrected chi connectivity index (χ2v) is 16.7. The average molecular weight is 826 g/mol. The molecular weight excluding hydrogens is 799 g/mol. The van der Waals surface area contributed by atoms with Gasteiger partial charge in [0.15, 0.2) is 0 Å². The van der Waals surface area contributed by atoms with E-state index in [0.717, 1.165) is 0 Å². The number of benzene rings is 7. The molecule has 18 heteroatoms. The van der Waals surface area contributed by atoms with E-state index in [-0.39, 0.29) is 66.1 Å².